The molecule has 1 aromatic heterocycles. The van der Waals surface area contributed by atoms with Crippen molar-refractivity contribution < 1.29 is 4.79 Å². The predicted octanol–water partition coefficient (Wildman–Crippen LogP) is 2.56. The minimum absolute atomic E-state index is 0.0953. The van der Waals surface area contributed by atoms with Crippen molar-refractivity contribution in [3.05, 3.63) is 46.8 Å². The van der Waals surface area contributed by atoms with Gasteiger partial charge in [0.2, 0.25) is 0 Å². The molecular formula is C19H24N4O. The van der Waals surface area contributed by atoms with Crippen LogP contribution in [0, 0.1) is 6.92 Å². The van der Waals surface area contributed by atoms with E-state index in [4.69, 9.17) is 0 Å². The maximum Gasteiger partial charge on any atom is 0.274 e. The number of piperazine rings is 1. The molecule has 5 heteroatoms. The van der Waals surface area contributed by atoms with E-state index in [1.165, 1.54) is 23.4 Å². The number of hydrogen-bond acceptors (Lipinski definition) is 3. The number of fused-ring (bicyclic) bond motifs is 1. The molecule has 0 spiro atoms. The minimum atomic E-state index is 0.0953. The number of anilines is 1. The second-order valence-corrected chi connectivity index (χ2v) is 6.85. The summed E-state index contributed by atoms with van der Waals surface area (Å²) in [6.07, 6.45) is 4.36. The highest BCUT2D eigenvalue weighted by Crippen LogP contribution is 2.24. The second-order valence-electron chi connectivity index (χ2n) is 6.85. The van der Waals surface area contributed by atoms with Gasteiger partial charge in [0.05, 0.1) is 0 Å². The van der Waals surface area contributed by atoms with Gasteiger partial charge in [-0.25, -0.2) is 0 Å². The summed E-state index contributed by atoms with van der Waals surface area (Å²) in [7, 11) is 0. The number of H-pyrrole nitrogens is 1. The van der Waals surface area contributed by atoms with Crippen LogP contribution in [-0.4, -0.2) is 47.2 Å². The molecule has 1 aliphatic carbocycles. The molecule has 24 heavy (non-hydrogen) atoms. The third-order valence-electron chi connectivity index (χ3n) is 5.22. The Labute approximate surface area is 142 Å². The van der Waals surface area contributed by atoms with Crippen LogP contribution in [0.2, 0.25) is 0 Å². The molecular weight excluding hydrogens is 300 g/mol. The number of benzene rings is 1. The zero-order valence-corrected chi connectivity index (χ0v) is 14.2. The Morgan fingerprint density at radius 2 is 1.75 bits per heavy atom. The molecule has 5 nitrogen and oxygen atoms in total. The van der Waals surface area contributed by atoms with Crippen molar-refractivity contribution in [3.63, 3.8) is 0 Å². The van der Waals surface area contributed by atoms with Gasteiger partial charge in [0.25, 0.3) is 5.91 Å². The lowest BCUT2D eigenvalue weighted by Gasteiger charge is -2.36. The largest absolute Gasteiger partial charge is 0.368 e. The van der Waals surface area contributed by atoms with Crippen LogP contribution < -0.4 is 4.90 Å². The summed E-state index contributed by atoms with van der Waals surface area (Å²) >= 11 is 0. The third kappa shape index (κ3) is 2.79. The number of hydrogen-bond donors (Lipinski definition) is 1. The van der Waals surface area contributed by atoms with Crippen molar-refractivity contribution >= 4 is 11.6 Å². The Kier molecular flexibility index (Phi) is 4.00. The SMILES string of the molecule is Cc1ccc(N2CCN(C(=O)c3n[nH]c4c3CCCC4)CC2)cc1. The maximum absolute atomic E-state index is 12.8. The van der Waals surface area contributed by atoms with Gasteiger partial charge in [-0.2, -0.15) is 5.10 Å². The summed E-state index contributed by atoms with van der Waals surface area (Å²) in [5.41, 5.74) is 5.50. The highest BCUT2D eigenvalue weighted by Gasteiger charge is 2.28. The van der Waals surface area contributed by atoms with Gasteiger partial charge in [0.15, 0.2) is 5.69 Å². The molecule has 2 aliphatic rings. The van der Waals surface area contributed by atoms with Gasteiger partial charge in [-0.1, -0.05) is 17.7 Å². The number of aromatic nitrogens is 2. The summed E-state index contributed by atoms with van der Waals surface area (Å²) < 4.78 is 0. The molecule has 126 valence electrons. The molecule has 0 saturated carbocycles. The molecule has 0 unspecified atom stereocenters. The normalized spacial score (nSPS) is 17.7. The average Bonchev–Trinajstić information content (AvgIpc) is 3.06. The number of aromatic amines is 1. The van der Waals surface area contributed by atoms with Gasteiger partial charge in [0.1, 0.15) is 0 Å². The number of nitrogens with one attached hydrogen (secondary N) is 1. The Bertz CT molecular complexity index is 726. The lowest BCUT2D eigenvalue weighted by molar-refractivity contribution is 0.0739. The van der Waals surface area contributed by atoms with Crippen molar-refractivity contribution in [1.29, 1.82) is 0 Å². The summed E-state index contributed by atoms with van der Waals surface area (Å²) in [6, 6.07) is 8.61. The highest BCUT2D eigenvalue weighted by atomic mass is 16.2. The molecule has 2 aromatic rings. The van der Waals surface area contributed by atoms with Crippen LogP contribution in [0.25, 0.3) is 0 Å². The van der Waals surface area contributed by atoms with Gasteiger partial charge >= 0.3 is 0 Å². The standard InChI is InChI=1S/C19H24N4O/c1-14-6-8-15(9-7-14)22-10-12-23(13-11-22)19(24)18-16-4-2-3-5-17(16)20-21-18/h6-9H,2-5,10-13H2,1H3,(H,20,21). The van der Waals surface area contributed by atoms with Gasteiger partial charge in [-0.15, -0.1) is 0 Å². The fourth-order valence-electron chi connectivity index (χ4n) is 3.73. The van der Waals surface area contributed by atoms with Crippen molar-refractivity contribution in [1.82, 2.24) is 15.1 Å². The van der Waals surface area contributed by atoms with E-state index in [0.29, 0.717) is 5.69 Å². The lowest BCUT2D eigenvalue weighted by atomic mass is 9.95. The van der Waals surface area contributed by atoms with Crippen LogP contribution in [0.3, 0.4) is 0 Å². The second kappa shape index (κ2) is 6.30. The van der Waals surface area contributed by atoms with Crippen LogP contribution >= 0.6 is 0 Å². The quantitative estimate of drug-likeness (QED) is 0.924. The van der Waals surface area contributed by atoms with Crippen LogP contribution in [0.4, 0.5) is 5.69 Å². The fourth-order valence-corrected chi connectivity index (χ4v) is 3.73. The molecule has 1 aliphatic heterocycles. The van der Waals surface area contributed by atoms with Gasteiger partial charge < -0.3 is 9.80 Å². The van der Waals surface area contributed by atoms with Gasteiger partial charge in [0, 0.05) is 43.1 Å². The van der Waals surface area contributed by atoms with Crippen molar-refractivity contribution in [2.75, 3.05) is 31.1 Å². The minimum Gasteiger partial charge on any atom is -0.368 e. The monoisotopic (exact) mass is 324 g/mol. The van der Waals surface area contributed by atoms with Crippen molar-refractivity contribution in [3.8, 4) is 0 Å². The van der Waals surface area contributed by atoms with Gasteiger partial charge in [-0.3, -0.25) is 9.89 Å². The van der Waals surface area contributed by atoms with Crippen molar-refractivity contribution in [2.45, 2.75) is 32.6 Å². The topological polar surface area (TPSA) is 52.2 Å². The zero-order valence-electron chi connectivity index (χ0n) is 14.2. The van der Waals surface area contributed by atoms with E-state index in [2.05, 4.69) is 46.3 Å². The van der Waals surface area contributed by atoms with Crippen LogP contribution in [0.1, 0.15) is 40.2 Å². The van der Waals surface area contributed by atoms with E-state index in [1.54, 1.807) is 0 Å². The first kappa shape index (κ1) is 15.2. The first-order valence-electron chi connectivity index (χ1n) is 8.89. The number of carbonyl (C=O) groups excluding carboxylic acids is 1. The number of nitrogens with zero attached hydrogens (tertiary/aromatic N) is 3. The third-order valence-corrected chi connectivity index (χ3v) is 5.22. The zero-order chi connectivity index (χ0) is 16.5. The molecule has 1 saturated heterocycles. The fraction of sp³-hybridized carbons (Fsp3) is 0.474. The molecule has 4 rings (SSSR count). The molecule has 0 radical (unpaired) electrons. The predicted molar refractivity (Wildman–Crippen MR) is 94.5 cm³/mol. The van der Waals surface area contributed by atoms with E-state index in [0.717, 1.165) is 51.0 Å². The summed E-state index contributed by atoms with van der Waals surface area (Å²) in [6.45, 7) is 5.37. The molecule has 1 amide bonds. The van der Waals surface area contributed by atoms with E-state index < -0.39 is 0 Å². The number of carbonyl (C=O) groups is 1. The number of amides is 1. The molecule has 0 atom stereocenters. The molecule has 2 heterocycles. The first-order chi connectivity index (χ1) is 11.7. The van der Waals surface area contributed by atoms with Gasteiger partial charge in [-0.05, 0) is 44.7 Å². The number of aryl methyl sites for hydroxylation is 2. The smallest absolute Gasteiger partial charge is 0.274 e. The van der Waals surface area contributed by atoms with Crippen LogP contribution in [0.15, 0.2) is 24.3 Å². The van der Waals surface area contributed by atoms with Crippen LogP contribution in [0.5, 0.6) is 0 Å². The van der Waals surface area contributed by atoms with Crippen molar-refractivity contribution in [2.24, 2.45) is 0 Å². The summed E-state index contributed by atoms with van der Waals surface area (Å²) in [5, 5.41) is 7.41. The Hall–Kier alpha value is -2.30. The summed E-state index contributed by atoms with van der Waals surface area (Å²) in [5.74, 6) is 0.0953. The maximum atomic E-state index is 12.8. The molecule has 0 bridgehead atoms. The summed E-state index contributed by atoms with van der Waals surface area (Å²) in [4.78, 5) is 17.2. The molecule has 1 N–H and O–H groups in total. The Morgan fingerprint density at radius 1 is 1.04 bits per heavy atom. The molecule has 1 aromatic carbocycles. The van der Waals surface area contributed by atoms with E-state index in [9.17, 15) is 4.79 Å². The Balaban J connectivity index is 1.43. The molecule has 1 fully saturated rings. The van der Waals surface area contributed by atoms with Crippen LogP contribution in [-0.2, 0) is 12.8 Å². The highest BCUT2D eigenvalue weighted by molar-refractivity contribution is 5.94. The first-order valence-corrected chi connectivity index (χ1v) is 8.89. The Morgan fingerprint density at radius 3 is 2.50 bits per heavy atom. The lowest BCUT2D eigenvalue weighted by Crippen LogP contribution is -2.49. The van der Waals surface area contributed by atoms with E-state index in [-0.39, 0.29) is 5.91 Å². The average molecular weight is 324 g/mol. The van der Waals surface area contributed by atoms with E-state index >= 15 is 0 Å². The number of rotatable bonds is 2. The van der Waals surface area contributed by atoms with E-state index in [1.807, 2.05) is 4.90 Å².